The van der Waals surface area contributed by atoms with Gasteiger partial charge in [0, 0.05) is 32.7 Å². The van der Waals surface area contributed by atoms with Crippen LogP contribution in [-0.4, -0.2) is 49.0 Å². The van der Waals surface area contributed by atoms with Crippen LogP contribution in [0.3, 0.4) is 0 Å². The van der Waals surface area contributed by atoms with E-state index in [0.717, 1.165) is 44.0 Å². The van der Waals surface area contributed by atoms with Crippen molar-refractivity contribution in [1.82, 2.24) is 9.80 Å². The van der Waals surface area contributed by atoms with Crippen molar-refractivity contribution in [1.29, 1.82) is 0 Å². The predicted octanol–water partition coefficient (Wildman–Crippen LogP) is 2.58. The van der Waals surface area contributed by atoms with E-state index in [-0.39, 0.29) is 5.91 Å². The first-order valence-electron chi connectivity index (χ1n) is 8.41. The monoisotopic (exact) mass is 324 g/mol. The molecular formula is C20H24N2O2. The van der Waals surface area contributed by atoms with Gasteiger partial charge in [-0.25, -0.2) is 0 Å². The molecule has 0 aromatic heterocycles. The molecule has 1 saturated heterocycles. The highest BCUT2D eigenvalue weighted by molar-refractivity contribution is 5.79. The number of benzene rings is 2. The molecule has 2 aromatic rings. The van der Waals surface area contributed by atoms with E-state index in [1.54, 1.807) is 7.11 Å². The molecule has 1 aliphatic heterocycles. The zero-order valence-corrected chi connectivity index (χ0v) is 14.1. The first-order chi connectivity index (χ1) is 11.7. The number of amides is 1. The van der Waals surface area contributed by atoms with Gasteiger partial charge in [0.2, 0.25) is 5.91 Å². The van der Waals surface area contributed by atoms with Crippen molar-refractivity contribution in [2.45, 2.75) is 13.0 Å². The van der Waals surface area contributed by atoms with Crippen molar-refractivity contribution in [2.75, 3.05) is 33.3 Å². The number of carbonyl (C=O) groups is 1. The molecule has 0 aliphatic carbocycles. The van der Waals surface area contributed by atoms with E-state index < -0.39 is 0 Å². The molecule has 1 heterocycles. The van der Waals surface area contributed by atoms with E-state index >= 15 is 0 Å². The molecule has 0 N–H and O–H groups in total. The Labute approximate surface area is 143 Å². The molecule has 3 rings (SSSR count). The summed E-state index contributed by atoms with van der Waals surface area (Å²) in [5, 5.41) is 0. The molecule has 4 nitrogen and oxygen atoms in total. The van der Waals surface area contributed by atoms with Gasteiger partial charge in [-0.3, -0.25) is 9.69 Å². The summed E-state index contributed by atoms with van der Waals surface area (Å²) in [4.78, 5) is 16.9. The van der Waals surface area contributed by atoms with Gasteiger partial charge in [-0.1, -0.05) is 42.5 Å². The van der Waals surface area contributed by atoms with Gasteiger partial charge in [0.05, 0.1) is 13.5 Å². The molecule has 24 heavy (non-hydrogen) atoms. The van der Waals surface area contributed by atoms with Gasteiger partial charge in [0.25, 0.3) is 0 Å². The van der Waals surface area contributed by atoms with Gasteiger partial charge in [0.15, 0.2) is 0 Å². The number of hydrogen-bond acceptors (Lipinski definition) is 3. The van der Waals surface area contributed by atoms with Crippen LogP contribution in [0.4, 0.5) is 0 Å². The normalized spacial score (nSPS) is 15.3. The lowest BCUT2D eigenvalue weighted by atomic mass is 10.1. The predicted molar refractivity (Wildman–Crippen MR) is 95.0 cm³/mol. The maximum atomic E-state index is 12.5. The van der Waals surface area contributed by atoms with Crippen molar-refractivity contribution < 1.29 is 9.53 Å². The second-order valence-corrected chi connectivity index (χ2v) is 6.17. The molecular weight excluding hydrogens is 300 g/mol. The SMILES string of the molecule is COc1cccc(CC(=O)N2CCN(Cc3ccccc3)CC2)c1. The number of piperazine rings is 1. The topological polar surface area (TPSA) is 32.8 Å². The van der Waals surface area contributed by atoms with E-state index in [1.807, 2.05) is 35.2 Å². The van der Waals surface area contributed by atoms with Gasteiger partial charge < -0.3 is 9.64 Å². The third-order valence-corrected chi connectivity index (χ3v) is 4.46. The van der Waals surface area contributed by atoms with Gasteiger partial charge in [0.1, 0.15) is 5.75 Å². The average Bonchev–Trinajstić information content (AvgIpc) is 2.63. The van der Waals surface area contributed by atoms with Crippen molar-refractivity contribution in [3.63, 3.8) is 0 Å². The Kier molecular flexibility index (Phi) is 5.49. The smallest absolute Gasteiger partial charge is 0.227 e. The summed E-state index contributed by atoms with van der Waals surface area (Å²) < 4.78 is 5.22. The summed E-state index contributed by atoms with van der Waals surface area (Å²) in [5.41, 5.74) is 2.33. The first-order valence-corrected chi connectivity index (χ1v) is 8.41. The highest BCUT2D eigenvalue weighted by Crippen LogP contribution is 2.15. The number of carbonyl (C=O) groups excluding carboxylic acids is 1. The number of methoxy groups -OCH3 is 1. The molecule has 0 atom stereocenters. The Hall–Kier alpha value is -2.33. The lowest BCUT2D eigenvalue weighted by Gasteiger charge is -2.34. The highest BCUT2D eigenvalue weighted by Gasteiger charge is 2.21. The standard InChI is InChI=1S/C20H24N2O2/c1-24-19-9-5-8-18(14-19)15-20(23)22-12-10-21(11-13-22)16-17-6-3-2-4-7-17/h2-9,14H,10-13,15-16H2,1H3. The Bertz CT molecular complexity index is 664. The molecule has 1 amide bonds. The van der Waals surface area contributed by atoms with Crippen LogP contribution < -0.4 is 4.74 Å². The summed E-state index contributed by atoms with van der Waals surface area (Å²) in [5.74, 6) is 0.996. The third-order valence-electron chi connectivity index (χ3n) is 4.46. The van der Waals surface area contributed by atoms with Crippen molar-refractivity contribution in [3.8, 4) is 5.75 Å². The van der Waals surface area contributed by atoms with Gasteiger partial charge >= 0.3 is 0 Å². The summed E-state index contributed by atoms with van der Waals surface area (Å²) >= 11 is 0. The Morgan fingerprint density at radius 2 is 1.67 bits per heavy atom. The summed E-state index contributed by atoms with van der Waals surface area (Å²) in [6.07, 6.45) is 0.440. The van der Waals surface area contributed by atoms with E-state index in [0.29, 0.717) is 6.42 Å². The van der Waals surface area contributed by atoms with Gasteiger partial charge in [-0.15, -0.1) is 0 Å². The molecule has 4 heteroatoms. The van der Waals surface area contributed by atoms with Crippen LogP contribution in [0.2, 0.25) is 0 Å². The quantitative estimate of drug-likeness (QED) is 0.847. The van der Waals surface area contributed by atoms with Gasteiger partial charge in [-0.2, -0.15) is 0 Å². The zero-order valence-electron chi connectivity index (χ0n) is 14.1. The van der Waals surface area contributed by atoms with Crippen LogP contribution in [0.5, 0.6) is 5.75 Å². The molecule has 0 unspecified atom stereocenters. The second kappa shape index (κ2) is 7.97. The molecule has 2 aromatic carbocycles. The van der Waals surface area contributed by atoms with E-state index in [4.69, 9.17) is 4.74 Å². The highest BCUT2D eigenvalue weighted by atomic mass is 16.5. The largest absolute Gasteiger partial charge is 0.497 e. The van der Waals surface area contributed by atoms with E-state index in [1.165, 1.54) is 5.56 Å². The van der Waals surface area contributed by atoms with Crippen LogP contribution >= 0.6 is 0 Å². The summed E-state index contributed by atoms with van der Waals surface area (Å²) in [6, 6.07) is 18.2. The van der Waals surface area contributed by atoms with Crippen LogP contribution in [0.25, 0.3) is 0 Å². The second-order valence-electron chi connectivity index (χ2n) is 6.17. The number of ether oxygens (including phenoxy) is 1. The summed E-state index contributed by atoms with van der Waals surface area (Å²) in [7, 11) is 1.65. The Balaban J connectivity index is 1.49. The fourth-order valence-corrected chi connectivity index (χ4v) is 3.07. The molecule has 0 saturated carbocycles. The lowest BCUT2D eigenvalue weighted by molar-refractivity contribution is -0.132. The zero-order chi connectivity index (χ0) is 16.8. The maximum absolute atomic E-state index is 12.5. The molecule has 0 bridgehead atoms. The minimum Gasteiger partial charge on any atom is -0.497 e. The minimum absolute atomic E-state index is 0.197. The van der Waals surface area contributed by atoms with Crippen molar-refractivity contribution in [2.24, 2.45) is 0 Å². The average molecular weight is 324 g/mol. The van der Waals surface area contributed by atoms with Crippen LogP contribution in [0, 0.1) is 0 Å². The van der Waals surface area contributed by atoms with E-state index in [9.17, 15) is 4.79 Å². The molecule has 1 fully saturated rings. The fourth-order valence-electron chi connectivity index (χ4n) is 3.07. The molecule has 0 spiro atoms. The van der Waals surface area contributed by atoms with Gasteiger partial charge in [-0.05, 0) is 23.3 Å². The lowest BCUT2D eigenvalue weighted by Crippen LogP contribution is -2.48. The maximum Gasteiger partial charge on any atom is 0.227 e. The first kappa shape index (κ1) is 16.5. The molecule has 126 valence electrons. The van der Waals surface area contributed by atoms with E-state index in [2.05, 4.69) is 29.2 Å². The van der Waals surface area contributed by atoms with Crippen molar-refractivity contribution >= 4 is 5.91 Å². The van der Waals surface area contributed by atoms with Crippen LogP contribution in [0.1, 0.15) is 11.1 Å². The van der Waals surface area contributed by atoms with Crippen molar-refractivity contribution in [3.05, 3.63) is 65.7 Å². The number of nitrogens with zero attached hydrogens (tertiary/aromatic N) is 2. The van der Waals surface area contributed by atoms with Crippen LogP contribution in [0.15, 0.2) is 54.6 Å². The number of hydrogen-bond donors (Lipinski definition) is 0. The minimum atomic E-state index is 0.197. The third kappa shape index (κ3) is 4.36. The molecule has 1 aliphatic rings. The number of rotatable bonds is 5. The summed E-state index contributed by atoms with van der Waals surface area (Å²) in [6.45, 7) is 4.42. The molecule has 0 radical (unpaired) electrons. The van der Waals surface area contributed by atoms with Crippen LogP contribution in [-0.2, 0) is 17.8 Å². The Morgan fingerprint density at radius 3 is 2.38 bits per heavy atom. The fraction of sp³-hybridized carbons (Fsp3) is 0.350. The Morgan fingerprint density at radius 1 is 0.958 bits per heavy atom.